The topological polar surface area (TPSA) is 112 Å². The molecule has 4 rings (SSSR count). The summed E-state index contributed by atoms with van der Waals surface area (Å²) in [6.07, 6.45) is -2.46. The number of halogens is 3. The Balaban J connectivity index is 1.65. The van der Waals surface area contributed by atoms with Gasteiger partial charge in [-0.1, -0.05) is 23.4 Å². The lowest BCUT2D eigenvalue weighted by Gasteiger charge is -2.12. The number of carboxylic acid groups (broad SMARTS) is 1. The SMILES string of the molecule is CCOC(=O)c1cnn(-c2ccc(-c3cn(-c4cccc(C(=O)O)c4)nn3)cc2)c1C(F)(F)F. The normalized spacial score (nSPS) is 11.4. The van der Waals surface area contributed by atoms with Crippen molar-refractivity contribution in [2.45, 2.75) is 13.1 Å². The summed E-state index contributed by atoms with van der Waals surface area (Å²) in [6.45, 7) is 1.42. The van der Waals surface area contributed by atoms with Crippen LogP contribution in [-0.2, 0) is 10.9 Å². The van der Waals surface area contributed by atoms with Gasteiger partial charge in [0.1, 0.15) is 11.3 Å². The largest absolute Gasteiger partial charge is 0.478 e. The van der Waals surface area contributed by atoms with Gasteiger partial charge in [0.2, 0.25) is 0 Å². The number of benzene rings is 2. The van der Waals surface area contributed by atoms with Crippen LogP contribution in [0.1, 0.15) is 33.3 Å². The first-order valence-corrected chi connectivity index (χ1v) is 9.88. The zero-order valence-corrected chi connectivity index (χ0v) is 17.5. The van der Waals surface area contributed by atoms with E-state index in [0.717, 1.165) is 6.20 Å². The van der Waals surface area contributed by atoms with Crippen molar-refractivity contribution in [1.82, 2.24) is 24.8 Å². The minimum absolute atomic E-state index is 0.0721. The number of carbonyl (C=O) groups is 2. The molecule has 0 aliphatic rings. The lowest BCUT2D eigenvalue weighted by atomic mass is 10.1. The van der Waals surface area contributed by atoms with Crippen molar-refractivity contribution in [3.63, 3.8) is 0 Å². The number of hydrogen-bond donors (Lipinski definition) is 1. The number of nitrogens with zero attached hydrogens (tertiary/aromatic N) is 5. The molecule has 2 aromatic carbocycles. The van der Waals surface area contributed by atoms with Crippen molar-refractivity contribution in [2.24, 2.45) is 0 Å². The van der Waals surface area contributed by atoms with E-state index < -0.39 is 29.4 Å². The van der Waals surface area contributed by atoms with Crippen LogP contribution in [0.15, 0.2) is 60.9 Å². The summed E-state index contributed by atoms with van der Waals surface area (Å²) < 4.78 is 47.8. The Hall–Kier alpha value is -4.48. The predicted octanol–water partition coefficient (Wildman–Crippen LogP) is 4.01. The maximum atomic E-state index is 13.7. The van der Waals surface area contributed by atoms with E-state index in [0.29, 0.717) is 21.6 Å². The molecule has 1 N–H and O–H groups in total. The number of carboxylic acids is 1. The summed E-state index contributed by atoms with van der Waals surface area (Å²) in [5, 5.41) is 20.9. The molecule has 0 spiro atoms. The molecule has 9 nitrogen and oxygen atoms in total. The molecule has 0 aliphatic heterocycles. The fourth-order valence-electron chi connectivity index (χ4n) is 3.25. The van der Waals surface area contributed by atoms with Gasteiger partial charge in [0, 0.05) is 5.56 Å². The molecular weight excluding hydrogens is 455 g/mol. The van der Waals surface area contributed by atoms with Crippen molar-refractivity contribution in [3.8, 4) is 22.6 Å². The van der Waals surface area contributed by atoms with E-state index in [9.17, 15) is 22.8 Å². The van der Waals surface area contributed by atoms with Crippen molar-refractivity contribution in [3.05, 3.63) is 77.7 Å². The Morgan fingerprint density at radius 1 is 1.09 bits per heavy atom. The van der Waals surface area contributed by atoms with Gasteiger partial charge in [-0.25, -0.2) is 19.0 Å². The minimum Gasteiger partial charge on any atom is -0.478 e. The first-order chi connectivity index (χ1) is 16.2. The van der Waals surface area contributed by atoms with Gasteiger partial charge in [-0.2, -0.15) is 18.3 Å². The van der Waals surface area contributed by atoms with E-state index >= 15 is 0 Å². The van der Waals surface area contributed by atoms with Crippen molar-refractivity contribution in [2.75, 3.05) is 6.61 Å². The molecule has 0 bridgehead atoms. The Labute approximate surface area is 190 Å². The van der Waals surface area contributed by atoms with E-state index in [4.69, 9.17) is 9.84 Å². The molecule has 4 aromatic rings. The lowest BCUT2D eigenvalue weighted by molar-refractivity contribution is -0.143. The molecular formula is C22H16F3N5O4. The van der Waals surface area contributed by atoms with Crippen LogP contribution in [0.2, 0.25) is 0 Å². The maximum Gasteiger partial charge on any atom is 0.434 e. The Morgan fingerprint density at radius 2 is 1.82 bits per heavy atom. The third kappa shape index (κ3) is 4.37. The molecule has 0 fully saturated rings. The van der Waals surface area contributed by atoms with Crippen LogP contribution in [-0.4, -0.2) is 48.4 Å². The first kappa shape index (κ1) is 22.7. The third-order valence-corrected chi connectivity index (χ3v) is 4.79. The summed E-state index contributed by atoms with van der Waals surface area (Å²) in [6, 6.07) is 12.0. The molecule has 0 amide bonds. The van der Waals surface area contributed by atoms with E-state index in [1.54, 1.807) is 18.3 Å². The van der Waals surface area contributed by atoms with Gasteiger partial charge in [-0.05, 0) is 37.3 Å². The van der Waals surface area contributed by atoms with Crippen molar-refractivity contribution in [1.29, 1.82) is 0 Å². The summed E-state index contributed by atoms with van der Waals surface area (Å²) >= 11 is 0. The Kier molecular flexibility index (Phi) is 5.88. The van der Waals surface area contributed by atoms with Crippen LogP contribution in [0.5, 0.6) is 0 Å². The average Bonchev–Trinajstić information content (AvgIpc) is 3.47. The number of ether oxygens (including phenoxy) is 1. The highest BCUT2D eigenvalue weighted by Gasteiger charge is 2.41. The van der Waals surface area contributed by atoms with Crippen molar-refractivity contribution >= 4 is 11.9 Å². The molecule has 2 aromatic heterocycles. The number of aromatic nitrogens is 5. The van der Waals surface area contributed by atoms with Crippen LogP contribution < -0.4 is 0 Å². The average molecular weight is 471 g/mol. The van der Waals surface area contributed by atoms with Gasteiger partial charge in [-0.3, -0.25) is 0 Å². The minimum atomic E-state index is -4.84. The Morgan fingerprint density at radius 3 is 2.47 bits per heavy atom. The quantitative estimate of drug-likeness (QED) is 0.423. The third-order valence-electron chi connectivity index (χ3n) is 4.79. The number of aromatic carboxylic acids is 1. The van der Waals surface area contributed by atoms with Crippen LogP contribution in [0, 0.1) is 0 Å². The fourth-order valence-corrected chi connectivity index (χ4v) is 3.25. The van der Waals surface area contributed by atoms with E-state index in [2.05, 4.69) is 15.4 Å². The second-order valence-corrected chi connectivity index (χ2v) is 6.99. The molecule has 0 unspecified atom stereocenters. The lowest BCUT2D eigenvalue weighted by Crippen LogP contribution is -2.18. The highest BCUT2D eigenvalue weighted by Crippen LogP contribution is 2.34. The number of rotatable bonds is 6. The van der Waals surface area contributed by atoms with Crippen molar-refractivity contribution < 1.29 is 32.6 Å². The predicted molar refractivity (Wildman–Crippen MR) is 112 cm³/mol. The molecule has 174 valence electrons. The van der Waals surface area contributed by atoms with Gasteiger partial charge in [0.15, 0.2) is 5.69 Å². The number of hydrogen-bond acceptors (Lipinski definition) is 6. The molecule has 0 aliphatic carbocycles. The van der Waals surface area contributed by atoms with E-state index in [-0.39, 0.29) is 17.9 Å². The van der Waals surface area contributed by atoms with Crippen LogP contribution in [0.3, 0.4) is 0 Å². The second-order valence-electron chi connectivity index (χ2n) is 6.99. The van der Waals surface area contributed by atoms with Gasteiger partial charge < -0.3 is 9.84 Å². The zero-order valence-electron chi connectivity index (χ0n) is 17.5. The van der Waals surface area contributed by atoms with Crippen LogP contribution in [0.4, 0.5) is 13.2 Å². The highest BCUT2D eigenvalue weighted by atomic mass is 19.4. The van der Waals surface area contributed by atoms with Gasteiger partial charge in [-0.15, -0.1) is 5.10 Å². The zero-order chi connectivity index (χ0) is 24.5. The molecule has 0 radical (unpaired) electrons. The van der Waals surface area contributed by atoms with Gasteiger partial charge in [0.05, 0.1) is 35.9 Å². The number of alkyl halides is 3. The molecule has 0 saturated heterocycles. The maximum absolute atomic E-state index is 13.7. The molecule has 12 heteroatoms. The Bertz CT molecular complexity index is 1360. The second kappa shape index (κ2) is 8.81. The molecule has 34 heavy (non-hydrogen) atoms. The summed E-state index contributed by atoms with van der Waals surface area (Å²) in [5.74, 6) is -2.19. The van der Waals surface area contributed by atoms with Gasteiger partial charge in [0.25, 0.3) is 0 Å². The number of carbonyl (C=O) groups excluding carboxylic acids is 1. The molecule has 2 heterocycles. The van der Waals surface area contributed by atoms with Crippen LogP contribution >= 0.6 is 0 Å². The summed E-state index contributed by atoms with van der Waals surface area (Å²) in [4.78, 5) is 23.1. The standard InChI is InChI=1S/C22H16F3N5O4/c1-2-34-21(33)17-11-26-30(19(17)22(23,24)25)15-8-6-13(7-9-15)18-12-29(28-27-18)16-5-3-4-14(10-16)20(31)32/h3-12H,2H2,1H3,(H,31,32). The highest BCUT2D eigenvalue weighted by molar-refractivity contribution is 5.91. The van der Waals surface area contributed by atoms with Crippen LogP contribution in [0.25, 0.3) is 22.6 Å². The molecule has 0 saturated carbocycles. The number of esters is 1. The van der Waals surface area contributed by atoms with E-state index in [1.165, 1.54) is 48.0 Å². The van der Waals surface area contributed by atoms with E-state index in [1.807, 2.05) is 0 Å². The summed E-state index contributed by atoms with van der Waals surface area (Å²) in [7, 11) is 0. The smallest absolute Gasteiger partial charge is 0.434 e. The first-order valence-electron chi connectivity index (χ1n) is 9.88. The molecule has 0 atom stereocenters. The van der Waals surface area contributed by atoms with Gasteiger partial charge >= 0.3 is 18.1 Å². The monoisotopic (exact) mass is 471 g/mol. The fraction of sp³-hybridized carbons (Fsp3) is 0.136. The summed E-state index contributed by atoms with van der Waals surface area (Å²) in [5.41, 5.74) is -0.304.